The SMILES string of the molecule is CC(C)CC(=O)N1Cc2ccccc2CC1C(=O)Nc1nnc(SCc2ccccc2)s1. The third kappa shape index (κ3) is 5.55. The molecule has 8 heteroatoms. The summed E-state index contributed by atoms with van der Waals surface area (Å²) in [6.07, 6.45) is 0.922. The lowest BCUT2D eigenvalue weighted by Crippen LogP contribution is -2.50. The van der Waals surface area contributed by atoms with Crippen LogP contribution in [0.25, 0.3) is 0 Å². The van der Waals surface area contributed by atoms with E-state index in [9.17, 15) is 9.59 Å². The van der Waals surface area contributed by atoms with Gasteiger partial charge in [0, 0.05) is 25.1 Å². The van der Waals surface area contributed by atoms with Gasteiger partial charge in [0.2, 0.25) is 16.9 Å². The molecule has 6 nitrogen and oxygen atoms in total. The van der Waals surface area contributed by atoms with E-state index in [0.717, 1.165) is 21.2 Å². The van der Waals surface area contributed by atoms with E-state index in [4.69, 9.17) is 0 Å². The summed E-state index contributed by atoms with van der Waals surface area (Å²) in [6, 6.07) is 17.6. The molecular weight excluding hydrogens is 440 g/mol. The molecule has 1 aliphatic rings. The minimum Gasteiger partial charge on any atom is -0.326 e. The van der Waals surface area contributed by atoms with Gasteiger partial charge in [-0.05, 0) is 22.6 Å². The molecule has 32 heavy (non-hydrogen) atoms. The predicted octanol–water partition coefficient (Wildman–Crippen LogP) is 4.77. The molecule has 0 bridgehead atoms. The molecule has 4 rings (SSSR count). The highest BCUT2D eigenvalue weighted by molar-refractivity contribution is 8.00. The van der Waals surface area contributed by atoms with Crippen LogP contribution < -0.4 is 5.32 Å². The van der Waals surface area contributed by atoms with Crippen LogP contribution >= 0.6 is 23.1 Å². The maximum Gasteiger partial charge on any atom is 0.249 e. The number of aromatic nitrogens is 2. The fourth-order valence-corrected chi connectivity index (χ4v) is 5.42. The Kier molecular flexibility index (Phi) is 7.22. The number of fused-ring (bicyclic) bond motifs is 1. The summed E-state index contributed by atoms with van der Waals surface area (Å²) >= 11 is 2.94. The van der Waals surface area contributed by atoms with E-state index in [2.05, 4.69) is 27.6 Å². The lowest BCUT2D eigenvalue weighted by Gasteiger charge is -2.36. The average Bonchev–Trinajstić information content (AvgIpc) is 3.24. The largest absolute Gasteiger partial charge is 0.326 e. The van der Waals surface area contributed by atoms with E-state index >= 15 is 0 Å². The second kappa shape index (κ2) is 10.3. The number of carbonyl (C=O) groups excluding carboxylic acids is 2. The molecule has 166 valence electrons. The van der Waals surface area contributed by atoms with E-state index in [1.807, 2.05) is 56.3 Å². The van der Waals surface area contributed by atoms with Gasteiger partial charge in [0.1, 0.15) is 6.04 Å². The zero-order valence-corrected chi connectivity index (χ0v) is 19.8. The molecule has 0 spiro atoms. The van der Waals surface area contributed by atoms with Gasteiger partial charge >= 0.3 is 0 Å². The van der Waals surface area contributed by atoms with Crippen LogP contribution in [0, 0.1) is 5.92 Å². The minimum atomic E-state index is -0.555. The molecule has 1 N–H and O–H groups in total. The lowest BCUT2D eigenvalue weighted by atomic mass is 9.92. The van der Waals surface area contributed by atoms with Gasteiger partial charge in [0.15, 0.2) is 4.34 Å². The van der Waals surface area contributed by atoms with Crippen molar-refractivity contribution in [1.82, 2.24) is 15.1 Å². The zero-order chi connectivity index (χ0) is 22.5. The molecule has 0 saturated heterocycles. The molecule has 0 radical (unpaired) electrons. The van der Waals surface area contributed by atoms with Gasteiger partial charge < -0.3 is 4.90 Å². The Morgan fingerprint density at radius 1 is 1.09 bits per heavy atom. The van der Waals surface area contributed by atoms with Gasteiger partial charge in [-0.15, -0.1) is 10.2 Å². The second-order valence-electron chi connectivity index (χ2n) is 8.24. The van der Waals surface area contributed by atoms with Crippen molar-refractivity contribution in [3.63, 3.8) is 0 Å². The van der Waals surface area contributed by atoms with Crippen molar-refractivity contribution in [3.8, 4) is 0 Å². The number of benzene rings is 2. The van der Waals surface area contributed by atoms with Gasteiger partial charge in [0.05, 0.1) is 0 Å². The number of rotatable bonds is 7. The number of carbonyl (C=O) groups is 2. The number of amides is 2. The fraction of sp³-hybridized carbons (Fsp3) is 0.333. The number of nitrogens with zero attached hydrogens (tertiary/aromatic N) is 3. The fourth-order valence-electron chi connectivity index (χ4n) is 3.71. The van der Waals surface area contributed by atoms with Crippen molar-refractivity contribution >= 4 is 40.0 Å². The Labute approximate surface area is 196 Å². The quantitative estimate of drug-likeness (QED) is 0.401. The zero-order valence-electron chi connectivity index (χ0n) is 18.2. The Hall–Kier alpha value is -2.71. The van der Waals surface area contributed by atoms with Gasteiger partial charge in [0.25, 0.3) is 0 Å². The number of thioether (sulfide) groups is 1. The average molecular weight is 467 g/mol. The maximum absolute atomic E-state index is 13.2. The van der Waals surface area contributed by atoms with Crippen molar-refractivity contribution in [3.05, 3.63) is 71.3 Å². The predicted molar refractivity (Wildman–Crippen MR) is 128 cm³/mol. The first-order chi connectivity index (χ1) is 15.5. The number of nitrogens with one attached hydrogen (secondary N) is 1. The third-order valence-corrected chi connectivity index (χ3v) is 7.34. The summed E-state index contributed by atoms with van der Waals surface area (Å²) in [5.41, 5.74) is 3.42. The van der Waals surface area contributed by atoms with E-state index in [1.54, 1.807) is 16.7 Å². The smallest absolute Gasteiger partial charge is 0.249 e. The van der Waals surface area contributed by atoms with E-state index < -0.39 is 6.04 Å². The van der Waals surface area contributed by atoms with Crippen molar-refractivity contribution in [2.75, 3.05) is 5.32 Å². The molecular formula is C24H26N4O2S2. The molecule has 0 fully saturated rings. The monoisotopic (exact) mass is 466 g/mol. The van der Waals surface area contributed by atoms with Crippen molar-refractivity contribution < 1.29 is 9.59 Å². The Morgan fingerprint density at radius 3 is 2.56 bits per heavy atom. The second-order valence-corrected chi connectivity index (χ2v) is 10.4. The highest BCUT2D eigenvalue weighted by atomic mass is 32.2. The summed E-state index contributed by atoms with van der Waals surface area (Å²) in [5, 5.41) is 11.7. The van der Waals surface area contributed by atoms with Crippen LogP contribution in [-0.2, 0) is 28.3 Å². The van der Waals surface area contributed by atoms with Crippen molar-refractivity contribution in [2.24, 2.45) is 5.92 Å². The van der Waals surface area contributed by atoms with Crippen LogP contribution in [0.2, 0.25) is 0 Å². The van der Waals surface area contributed by atoms with Gasteiger partial charge in [-0.3, -0.25) is 14.9 Å². The standard InChI is InChI=1S/C24H26N4O2S2/c1-16(2)12-21(29)28-14-19-11-7-6-10-18(19)13-20(28)22(30)25-23-26-27-24(32-23)31-15-17-8-4-3-5-9-17/h3-11,16,20H,12-15H2,1-2H3,(H,25,26,30). The van der Waals surface area contributed by atoms with Gasteiger partial charge in [-0.25, -0.2) is 0 Å². The Bertz CT molecular complexity index is 1080. The maximum atomic E-state index is 13.2. The van der Waals surface area contributed by atoms with Crippen LogP contribution in [0.1, 0.15) is 37.0 Å². The number of anilines is 1. The lowest BCUT2D eigenvalue weighted by molar-refractivity contribution is -0.140. The van der Waals surface area contributed by atoms with Gasteiger partial charge in [-0.2, -0.15) is 0 Å². The van der Waals surface area contributed by atoms with Crippen molar-refractivity contribution in [1.29, 1.82) is 0 Å². The topological polar surface area (TPSA) is 75.2 Å². The molecule has 0 saturated carbocycles. The molecule has 1 unspecified atom stereocenters. The molecule has 3 aromatic rings. The summed E-state index contributed by atoms with van der Waals surface area (Å²) in [6.45, 7) is 4.48. The molecule has 2 heterocycles. The molecule has 0 aliphatic carbocycles. The van der Waals surface area contributed by atoms with E-state index in [1.165, 1.54) is 16.9 Å². The third-order valence-electron chi connectivity index (χ3n) is 5.30. The van der Waals surface area contributed by atoms with Crippen LogP contribution in [0.4, 0.5) is 5.13 Å². The Balaban J connectivity index is 1.44. The highest BCUT2D eigenvalue weighted by Crippen LogP contribution is 2.30. The van der Waals surface area contributed by atoms with Crippen LogP contribution in [0.5, 0.6) is 0 Å². The first kappa shape index (κ1) is 22.5. The van der Waals surface area contributed by atoms with Crippen LogP contribution in [0.3, 0.4) is 0 Å². The Morgan fingerprint density at radius 2 is 1.81 bits per heavy atom. The molecule has 2 amide bonds. The van der Waals surface area contributed by atoms with Crippen LogP contribution in [-0.4, -0.2) is 33.0 Å². The van der Waals surface area contributed by atoms with E-state index in [-0.39, 0.29) is 17.7 Å². The summed E-state index contributed by atoms with van der Waals surface area (Å²) < 4.78 is 0.797. The normalized spacial score (nSPS) is 15.5. The number of hydrogen-bond acceptors (Lipinski definition) is 6. The highest BCUT2D eigenvalue weighted by Gasteiger charge is 2.35. The molecule has 1 aliphatic heterocycles. The summed E-state index contributed by atoms with van der Waals surface area (Å²) in [7, 11) is 0. The van der Waals surface area contributed by atoms with Crippen molar-refractivity contribution in [2.45, 2.75) is 49.4 Å². The molecule has 1 aromatic heterocycles. The van der Waals surface area contributed by atoms with Gasteiger partial charge in [-0.1, -0.05) is 91.5 Å². The number of hydrogen-bond donors (Lipinski definition) is 1. The first-order valence-electron chi connectivity index (χ1n) is 10.7. The summed E-state index contributed by atoms with van der Waals surface area (Å²) in [4.78, 5) is 27.8. The summed E-state index contributed by atoms with van der Waals surface area (Å²) in [5.74, 6) is 0.814. The van der Waals surface area contributed by atoms with Crippen LogP contribution in [0.15, 0.2) is 58.9 Å². The minimum absolute atomic E-state index is 0.00558. The molecule has 2 aromatic carbocycles. The first-order valence-corrected chi connectivity index (χ1v) is 12.5. The molecule has 1 atom stereocenters. The van der Waals surface area contributed by atoms with E-state index in [0.29, 0.717) is 24.5 Å².